The van der Waals surface area contributed by atoms with Gasteiger partial charge in [0.15, 0.2) is 0 Å². The van der Waals surface area contributed by atoms with Crippen LogP contribution in [0.2, 0.25) is 0 Å². The van der Waals surface area contributed by atoms with Crippen molar-refractivity contribution in [3.05, 3.63) is 29.8 Å². The SMILES string of the molecule is CCCCCNc1ccc(CN2CCC(C)CC2)cc1. The lowest BCUT2D eigenvalue weighted by Crippen LogP contribution is -2.32. The molecule has 0 unspecified atom stereocenters. The molecule has 0 aromatic heterocycles. The van der Waals surface area contributed by atoms with Gasteiger partial charge in [0.2, 0.25) is 0 Å². The molecule has 1 saturated heterocycles. The molecule has 0 amide bonds. The summed E-state index contributed by atoms with van der Waals surface area (Å²) in [4.78, 5) is 2.59. The third kappa shape index (κ3) is 5.16. The van der Waals surface area contributed by atoms with E-state index >= 15 is 0 Å². The summed E-state index contributed by atoms with van der Waals surface area (Å²) in [5.41, 5.74) is 2.70. The van der Waals surface area contributed by atoms with Crippen LogP contribution in [0.5, 0.6) is 0 Å². The number of benzene rings is 1. The lowest BCUT2D eigenvalue weighted by atomic mass is 9.99. The maximum Gasteiger partial charge on any atom is 0.0340 e. The number of hydrogen-bond donors (Lipinski definition) is 1. The third-order valence-electron chi connectivity index (χ3n) is 4.35. The Morgan fingerprint density at radius 3 is 2.45 bits per heavy atom. The summed E-state index contributed by atoms with van der Waals surface area (Å²) in [6.07, 6.45) is 6.59. The van der Waals surface area contributed by atoms with Crippen LogP contribution in [-0.4, -0.2) is 24.5 Å². The zero-order valence-corrected chi connectivity index (χ0v) is 13.2. The van der Waals surface area contributed by atoms with Crippen LogP contribution in [0.1, 0.15) is 51.5 Å². The monoisotopic (exact) mass is 274 g/mol. The summed E-state index contributed by atoms with van der Waals surface area (Å²) in [5.74, 6) is 0.918. The van der Waals surface area contributed by atoms with Crippen LogP contribution >= 0.6 is 0 Å². The van der Waals surface area contributed by atoms with Crippen LogP contribution in [-0.2, 0) is 6.54 Å². The quantitative estimate of drug-likeness (QED) is 0.735. The van der Waals surface area contributed by atoms with Crippen molar-refractivity contribution in [3.8, 4) is 0 Å². The molecule has 1 aliphatic heterocycles. The largest absolute Gasteiger partial charge is 0.385 e. The van der Waals surface area contributed by atoms with E-state index in [0.29, 0.717) is 0 Å². The van der Waals surface area contributed by atoms with Gasteiger partial charge in [0.25, 0.3) is 0 Å². The van der Waals surface area contributed by atoms with Gasteiger partial charge in [-0.05, 0) is 56.0 Å². The molecular weight excluding hydrogens is 244 g/mol. The van der Waals surface area contributed by atoms with Gasteiger partial charge in [0.1, 0.15) is 0 Å². The van der Waals surface area contributed by atoms with Crippen molar-refractivity contribution in [1.29, 1.82) is 0 Å². The average molecular weight is 274 g/mol. The average Bonchev–Trinajstić information content (AvgIpc) is 2.48. The van der Waals surface area contributed by atoms with Crippen molar-refractivity contribution in [2.24, 2.45) is 5.92 Å². The van der Waals surface area contributed by atoms with Crippen molar-refractivity contribution in [1.82, 2.24) is 4.90 Å². The van der Waals surface area contributed by atoms with E-state index < -0.39 is 0 Å². The molecule has 0 saturated carbocycles. The van der Waals surface area contributed by atoms with Crippen molar-refractivity contribution >= 4 is 5.69 Å². The Morgan fingerprint density at radius 2 is 1.80 bits per heavy atom. The molecule has 0 radical (unpaired) electrons. The molecule has 0 spiro atoms. The van der Waals surface area contributed by atoms with Gasteiger partial charge in [-0.15, -0.1) is 0 Å². The molecule has 1 heterocycles. The normalized spacial score (nSPS) is 17.3. The summed E-state index contributed by atoms with van der Waals surface area (Å²) in [7, 11) is 0. The van der Waals surface area contributed by atoms with E-state index in [4.69, 9.17) is 0 Å². The molecule has 2 heteroatoms. The summed E-state index contributed by atoms with van der Waals surface area (Å²) < 4.78 is 0. The van der Waals surface area contributed by atoms with E-state index in [1.807, 2.05) is 0 Å². The molecule has 0 bridgehead atoms. The van der Waals surface area contributed by atoms with Gasteiger partial charge in [-0.3, -0.25) is 4.90 Å². The standard InChI is InChI=1S/C18H30N2/c1-3-4-5-12-19-18-8-6-17(7-9-18)15-20-13-10-16(2)11-14-20/h6-9,16,19H,3-5,10-15H2,1-2H3. The zero-order chi connectivity index (χ0) is 14.2. The van der Waals surface area contributed by atoms with Crippen molar-refractivity contribution in [3.63, 3.8) is 0 Å². The second kappa shape index (κ2) is 8.31. The first-order valence-electron chi connectivity index (χ1n) is 8.33. The summed E-state index contributed by atoms with van der Waals surface area (Å²) in [6.45, 7) is 9.35. The van der Waals surface area contributed by atoms with Gasteiger partial charge in [-0.1, -0.05) is 38.8 Å². The summed E-state index contributed by atoms with van der Waals surface area (Å²) >= 11 is 0. The van der Waals surface area contributed by atoms with Crippen LogP contribution in [0.4, 0.5) is 5.69 Å². The minimum atomic E-state index is 0.918. The van der Waals surface area contributed by atoms with Crippen molar-refractivity contribution in [2.75, 3.05) is 25.0 Å². The second-order valence-electron chi connectivity index (χ2n) is 6.29. The highest BCUT2D eigenvalue weighted by Gasteiger charge is 2.15. The molecule has 20 heavy (non-hydrogen) atoms. The van der Waals surface area contributed by atoms with E-state index in [2.05, 4.69) is 48.3 Å². The summed E-state index contributed by atoms with van der Waals surface area (Å²) in [5, 5.41) is 3.50. The van der Waals surface area contributed by atoms with Crippen molar-refractivity contribution in [2.45, 2.75) is 52.5 Å². The van der Waals surface area contributed by atoms with Crippen LogP contribution in [0, 0.1) is 5.92 Å². The fraction of sp³-hybridized carbons (Fsp3) is 0.667. The van der Waals surface area contributed by atoms with Crippen LogP contribution in [0.3, 0.4) is 0 Å². The molecule has 0 atom stereocenters. The molecule has 1 N–H and O–H groups in total. The van der Waals surface area contributed by atoms with Crippen molar-refractivity contribution < 1.29 is 0 Å². The molecule has 2 rings (SSSR count). The number of likely N-dealkylation sites (tertiary alicyclic amines) is 1. The van der Waals surface area contributed by atoms with Gasteiger partial charge in [0, 0.05) is 18.8 Å². The number of unbranched alkanes of at least 4 members (excludes halogenated alkanes) is 2. The minimum absolute atomic E-state index is 0.918. The highest BCUT2D eigenvalue weighted by molar-refractivity contribution is 5.44. The van der Waals surface area contributed by atoms with Gasteiger partial charge < -0.3 is 5.32 Å². The molecule has 0 aliphatic carbocycles. The maximum absolute atomic E-state index is 3.50. The Kier molecular flexibility index (Phi) is 6.38. The Bertz CT molecular complexity index is 364. The second-order valence-corrected chi connectivity index (χ2v) is 6.29. The van der Waals surface area contributed by atoms with Gasteiger partial charge in [-0.25, -0.2) is 0 Å². The molecule has 1 aromatic rings. The first-order chi connectivity index (χ1) is 9.78. The molecular formula is C18H30N2. The first-order valence-corrected chi connectivity index (χ1v) is 8.33. The number of nitrogens with one attached hydrogen (secondary N) is 1. The molecule has 112 valence electrons. The molecule has 1 aliphatic rings. The number of anilines is 1. The van der Waals surface area contributed by atoms with E-state index in [0.717, 1.165) is 19.0 Å². The third-order valence-corrected chi connectivity index (χ3v) is 4.35. The fourth-order valence-electron chi connectivity index (χ4n) is 2.81. The highest BCUT2D eigenvalue weighted by atomic mass is 15.1. The molecule has 2 nitrogen and oxygen atoms in total. The summed E-state index contributed by atoms with van der Waals surface area (Å²) in [6, 6.07) is 9.02. The Balaban J connectivity index is 1.73. The van der Waals surface area contributed by atoms with Gasteiger partial charge in [-0.2, -0.15) is 0 Å². The molecule has 1 aromatic carbocycles. The Morgan fingerprint density at radius 1 is 1.10 bits per heavy atom. The van der Waals surface area contributed by atoms with Crippen LogP contribution in [0.15, 0.2) is 24.3 Å². The van der Waals surface area contributed by atoms with Crippen LogP contribution in [0.25, 0.3) is 0 Å². The zero-order valence-electron chi connectivity index (χ0n) is 13.2. The Hall–Kier alpha value is -1.02. The lowest BCUT2D eigenvalue weighted by Gasteiger charge is -2.30. The topological polar surface area (TPSA) is 15.3 Å². The maximum atomic E-state index is 3.50. The lowest BCUT2D eigenvalue weighted by molar-refractivity contribution is 0.185. The Labute approximate surface area is 124 Å². The number of nitrogens with zero attached hydrogens (tertiary/aromatic N) is 1. The fourth-order valence-corrected chi connectivity index (χ4v) is 2.81. The number of piperidine rings is 1. The number of hydrogen-bond acceptors (Lipinski definition) is 2. The number of rotatable bonds is 7. The van der Waals surface area contributed by atoms with Gasteiger partial charge >= 0.3 is 0 Å². The molecule has 1 fully saturated rings. The first kappa shape index (κ1) is 15.4. The minimum Gasteiger partial charge on any atom is -0.385 e. The van der Waals surface area contributed by atoms with Crippen LogP contribution < -0.4 is 5.32 Å². The predicted molar refractivity (Wildman–Crippen MR) is 88.1 cm³/mol. The smallest absolute Gasteiger partial charge is 0.0340 e. The van der Waals surface area contributed by atoms with E-state index in [1.165, 1.54) is 56.4 Å². The van der Waals surface area contributed by atoms with E-state index in [-0.39, 0.29) is 0 Å². The predicted octanol–water partition coefficient (Wildman–Crippen LogP) is 4.52. The van der Waals surface area contributed by atoms with Gasteiger partial charge in [0.05, 0.1) is 0 Å². The van der Waals surface area contributed by atoms with E-state index in [1.54, 1.807) is 0 Å². The highest BCUT2D eigenvalue weighted by Crippen LogP contribution is 2.19. The van der Waals surface area contributed by atoms with E-state index in [9.17, 15) is 0 Å².